The van der Waals surface area contributed by atoms with E-state index in [0.717, 1.165) is 46.4 Å². The number of aryl methyl sites for hydroxylation is 1. The average molecular weight is 336 g/mol. The van der Waals surface area contributed by atoms with E-state index in [1.54, 1.807) is 5.01 Å². The van der Waals surface area contributed by atoms with Crippen LogP contribution in [0.2, 0.25) is 0 Å². The molecule has 1 atom stereocenters. The fourth-order valence-corrected chi connectivity index (χ4v) is 4.52. The lowest BCUT2D eigenvalue weighted by molar-refractivity contribution is 0.187. The van der Waals surface area contributed by atoms with E-state index in [1.807, 2.05) is 19.3 Å². The van der Waals surface area contributed by atoms with Crippen LogP contribution in [0.4, 0.5) is 0 Å². The summed E-state index contributed by atoms with van der Waals surface area (Å²) >= 11 is 0. The average Bonchev–Trinajstić information content (AvgIpc) is 3.27. The Morgan fingerprint density at radius 2 is 2.20 bits per heavy atom. The number of hydrazine groups is 1. The number of nitrogens with two attached hydrogens (primary N) is 2. The van der Waals surface area contributed by atoms with E-state index in [0.29, 0.717) is 18.8 Å². The molecule has 4 rings (SSSR count). The molecule has 5 N–H and O–H groups in total. The lowest BCUT2D eigenvalue weighted by atomic mass is 9.90. The predicted molar refractivity (Wildman–Crippen MR) is 97.6 cm³/mol. The molecule has 0 spiro atoms. The SMILES string of the molecule is Cc1cnc2[nH]cc3c2c1C(N)=C(N(N)C(CC#N)C1CCCC1)C3. The Hall–Kier alpha value is -2.52. The summed E-state index contributed by atoms with van der Waals surface area (Å²) in [6.45, 7) is 2.03. The number of aromatic nitrogens is 2. The Balaban J connectivity index is 1.77. The first-order valence-corrected chi connectivity index (χ1v) is 8.97. The van der Waals surface area contributed by atoms with Crippen molar-refractivity contribution in [1.29, 1.82) is 5.26 Å². The lowest BCUT2D eigenvalue weighted by Crippen LogP contribution is -2.45. The number of allylic oxidation sites excluding steroid dienone is 1. The van der Waals surface area contributed by atoms with Gasteiger partial charge in [0.2, 0.25) is 0 Å². The Morgan fingerprint density at radius 3 is 2.92 bits per heavy atom. The quantitative estimate of drug-likeness (QED) is 0.588. The van der Waals surface area contributed by atoms with Crippen molar-refractivity contribution in [2.24, 2.45) is 17.5 Å². The van der Waals surface area contributed by atoms with Gasteiger partial charge in [0.1, 0.15) is 5.65 Å². The number of H-pyrrole nitrogens is 1. The van der Waals surface area contributed by atoms with Gasteiger partial charge in [0.25, 0.3) is 0 Å². The third-order valence-electron chi connectivity index (χ3n) is 5.82. The molecule has 25 heavy (non-hydrogen) atoms. The predicted octanol–water partition coefficient (Wildman–Crippen LogP) is 2.70. The first-order valence-electron chi connectivity index (χ1n) is 8.97. The molecule has 2 aromatic rings. The van der Waals surface area contributed by atoms with Gasteiger partial charge in [0.15, 0.2) is 0 Å². The van der Waals surface area contributed by atoms with Gasteiger partial charge in [0, 0.05) is 29.8 Å². The first kappa shape index (κ1) is 16.0. The van der Waals surface area contributed by atoms with Crippen molar-refractivity contribution in [3.05, 3.63) is 34.8 Å². The van der Waals surface area contributed by atoms with E-state index >= 15 is 0 Å². The molecule has 6 nitrogen and oxygen atoms in total. The van der Waals surface area contributed by atoms with Gasteiger partial charge in [-0.2, -0.15) is 5.26 Å². The number of hydrogen-bond donors (Lipinski definition) is 3. The van der Waals surface area contributed by atoms with Gasteiger partial charge in [-0.3, -0.25) is 0 Å². The highest BCUT2D eigenvalue weighted by Crippen LogP contribution is 2.38. The van der Waals surface area contributed by atoms with E-state index in [4.69, 9.17) is 11.6 Å². The fraction of sp³-hybridized carbons (Fsp3) is 0.474. The number of nitriles is 1. The van der Waals surface area contributed by atoms with E-state index in [-0.39, 0.29) is 6.04 Å². The summed E-state index contributed by atoms with van der Waals surface area (Å²) in [5.41, 5.74) is 12.3. The van der Waals surface area contributed by atoms with Gasteiger partial charge in [-0.05, 0) is 36.8 Å². The summed E-state index contributed by atoms with van der Waals surface area (Å²) in [5, 5.41) is 12.2. The highest BCUT2D eigenvalue weighted by molar-refractivity contribution is 5.96. The summed E-state index contributed by atoms with van der Waals surface area (Å²) < 4.78 is 0. The standard InChI is InChI=1S/C19H24N6/c1-11-9-23-19-17-13(10-24-19)8-15(18(21)16(11)17)25(22)14(6-7-20)12-4-2-3-5-12/h9-10,12,14H,2-6,8,21-22H2,1H3,(H,23,24). The van der Waals surface area contributed by atoms with Crippen molar-refractivity contribution >= 4 is 16.7 Å². The Labute approximate surface area is 147 Å². The Morgan fingerprint density at radius 1 is 1.44 bits per heavy atom. The molecule has 2 aromatic heterocycles. The molecule has 1 fully saturated rings. The number of aromatic amines is 1. The second-order valence-electron chi connectivity index (χ2n) is 7.27. The van der Waals surface area contributed by atoms with Gasteiger partial charge in [-0.1, -0.05) is 12.8 Å². The molecule has 2 heterocycles. The maximum absolute atomic E-state index is 9.31. The Bertz CT molecular complexity index is 881. The van der Waals surface area contributed by atoms with E-state index in [2.05, 4.69) is 16.0 Å². The molecule has 1 saturated carbocycles. The fourth-order valence-electron chi connectivity index (χ4n) is 4.52. The molecule has 2 aliphatic carbocycles. The zero-order chi connectivity index (χ0) is 17.6. The van der Waals surface area contributed by atoms with Gasteiger partial charge >= 0.3 is 0 Å². The third kappa shape index (κ3) is 2.47. The molecule has 2 aliphatic rings. The smallest absolute Gasteiger partial charge is 0.138 e. The van der Waals surface area contributed by atoms with Crippen LogP contribution in [0.5, 0.6) is 0 Å². The molecule has 1 unspecified atom stereocenters. The van der Waals surface area contributed by atoms with Crippen LogP contribution in [-0.2, 0) is 6.42 Å². The largest absolute Gasteiger partial charge is 0.397 e. The molecule has 130 valence electrons. The summed E-state index contributed by atoms with van der Waals surface area (Å²) in [6.07, 6.45) is 9.68. The molecular formula is C19H24N6. The molecule has 0 bridgehead atoms. The monoisotopic (exact) mass is 336 g/mol. The van der Waals surface area contributed by atoms with Crippen molar-refractivity contribution in [2.45, 2.75) is 51.5 Å². The second kappa shape index (κ2) is 6.08. The van der Waals surface area contributed by atoms with Crippen LogP contribution < -0.4 is 11.6 Å². The zero-order valence-corrected chi connectivity index (χ0v) is 14.5. The van der Waals surface area contributed by atoms with Gasteiger partial charge in [0.05, 0.1) is 29.9 Å². The number of nitrogens with one attached hydrogen (secondary N) is 1. The van der Waals surface area contributed by atoms with Crippen LogP contribution >= 0.6 is 0 Å². The first-order chi connectivity index (χ1) is 12.1. The van der Waals surface area contributed by atoms with Crippen molar-refractivity contribution < 1.29 is 0 Å². The minimum absolute atomic E-state index is 0.0270. The minimum atomic E-state index is 0.0270. The normalized spacial score (nSPS) is 18.6. The van der Waals surface area contributed by atoms with E-state index < -0.39 is 0 Å². The molecule has 0 aliphatic heterocycles. The van der Waals surface area contributed by atoms with Crippen LogP contribution in [0.1, 0.15) is 48.8 Å². The highest BCUT2D eigenvalue weighted by Gasteiger charge is 2.33. The summed E-state index contributed by atoms with van der Waals surface area (Å²) in [6, 6.07) is 2.35. The number of pyridine rings is 1. The zero-order valence-electron chi connectivity index (χ0n) is 14.5. The highest BCUT2D eigenvalue weighted by atomic mass is 15.4. The third-order valence-corrected chi connectivity index (χ3v) is 5.82. The van der Waals surface area contributed by atoms with Crippen LogP contribution in [-0.4, -0.2) is 21.0 Å². The molecule has 0 saturated heterocycles. The molecular weight excluding hydrogens is 312 g/mol. The topological polar surface area (TPSA) is 108 Å². The number of nitrogens with zero attached hydrogens (tertiary/aromatic N) is 3. The van der Waals surface area contributed by atoms with Crippen molar-refractivity contribution in [3.8, 4) is 6.07 Å². The molecule has 6 heteroatoms. The van der Waals surface area contributed by atoms with Crippen LogP contribution in [0.25, 0.3) is 16.7 Å². The summed E-state index contributed by atoms with van der Waals surface area (Å²) in [4.78, 5) is 7.69. The van der Waals surface area contributed by atoms with Crippen LogP contribution in [0, 0.1) is 24.2 Å². The maximum Gasteiger partial charge on any atom is 0.138 e. The number of hydrogen-bond acceptors (Lipinski definition) is 5. The molecule has 0 radical (unpaired) electrons. The van der Waals surface area contributed by atoms with Crippen molar-refractivity contribution in [3.63, 3.8) is 0 Å². The Kier molecular flexibility index (Phi) is 3.89. The molecule has 0 aromatic carbocycles. The summed E-state index contributed by atoms with van der Waals surface area (Å²) in [5.74, 6) is 7.04. The minimum Gasteiger partial charge on any atom is -0.397 e. The van der Waals surface area contributed by atoms with E-state index in [9.17, 15) is 5.26 Å². The van der Waals surface area contributed by atoms with Crippen molar-refractivity contribution in [1.82, 2.24) is 15.0 Å². The van der Waals surface area contributed by atoms with Crippen LogP contribution in [0.15, 0.2) is 18.1 Å². The summed E-state index contributed by atoms with van der Waals surface area (Å²) in [7, 11) is 0. The number of rotatable bonds is 4. The molecule has 0 amide bonds. The lowest BCUT2D eigenvalue weighted by Gasteiger charge is -2.36. The van der Waals surface area contributed by atoms with Gasteiger partial charge < -0.3 is 15.7 Å². The van der Waals surface area contributed by atoms with Gasteiger partial charge in [-0.15, -0.1) is 0 Å². The van der Waals surface area contributed by atoms with E-state index in [1.165, 1.54) is 18.4 Å². The van der Waals surface area contributed by atoms with Crippen molar-refractivity contribution in [2.75, 3.05) is 0 Å². The van der Waals surface area contributed by atoms with Gasteiger partial charge in [-0.25, -0.2) is 10.8 Å². The maximum atomic E-state index is 9.31. The van der Waals surface area contributed by atoms with Crippen LogP contribution in [0.3, 0.4) is 0 Å². The second-order valence-corrected chi connectivity index (χ2v) is 7.27.